The number of esters is 1. The van der Waals surface area contributed by atoms with Crippen LogP contribution in [0.1, 0.15) is 50.5 Å². The van der Waals surface area contributed by atoms with Gasteiger partial charge in [0.05, 0.1) is 11.7 Å². The maximum Gasteiger partial charge on any atom is 0.336 e. The van der Waals surface area contributed by atoms with E-state index in [2.05, 4.69) is 5.32 Å². The van der Waals surface area contributed by atoms with Gasteiger partial charge in [-0.2, -0.15) is 0 Å². The van der Waals surface area contributed by atoms with E-state index in [9.17, 15) is 9.59 Å². The molecule has 0 radical (unpaired) electrons. The van der Waals surface area contributed by atoms with Crippen molar-refractivity contribution in [3.05, 3.63) is 52.4 Å². The quantitative estimate of drug-likeness (QED) is 0.579. The lowest BCUT2D eigenvalue weighted by atomic mass is 9.75. The zero-order valence-corrected chi connectivity index (χ0v) is 17.8. The fourth-order valence-electron chi connectivity index (χ4n) is 4.41. The molecular weight excluding hydrogens is 386 g/mol. The molecule has 29 heavy (non-hydrogen) atoms. The molecule has 0 spiro atoms. The van der Waals surface area contributed by atoms with Gasteiger partial charge >= 0.3 is 5.97 Å². The minimum absolute atomic E-state index is 0.0261. The van der Waals surface area contributed by atoms with E-state index in [1.165, 1.54) is 0 Å². The van der Waals surface area contributed by atoms with Crippen molar-refractivity contribution in [3.63, 3.8) is 0 Å². The summed E-state index contributed by atoms with van der Waals surface area (Å²) in [6.45, 7) is 2.88. The van der Waals surface area contributed by atoms with E-state index in [0.717, 1.165) is 59.7 Å². The van der Waals surface area contributed by atoms with E-state index in [-0.39, 0.29) is 30.4 Å². The summed E-state index contributed by atoms with van der Waals surface area (Å²) in [7, 11) is 0. The Morgan fingerprint density at radius 1 is 1.24 bits per heavy atom. The first-order chi connectivity index (χ1) is 14.1. The number of hydrogen-bond acceptors (Lipinski definition) is 6. The monoisotopic (exact) mass is 413 g/mol. The SMILES string of the molecule is CSc1ccc([C@H]2C(C(=O)OC[C@H]3CCCO3)=C(C)NC3=C2C(=O)CCC3)cc1. The van der Waals surface area contributed by atoms with E-state index < -0.39 is 0 Å². The fraction of sp³-hybridized carbons (Fsp3) is 0.478. The summed E-state index contributed by atoms with van der Waals surface area (Å²) >= 11 is 1.67. The van der Waals surface area contributed by atoms with Crippen molar-refractivity contribution < 1.29 is 19.1 Å². The number of carbonyl (C=O) groups is 2. The predicted molar refractivity (Wildman–Crippen MR) is 113 cm³/mol. The second kappa shape index (κ2) is 8.76. The predicted octanol–water partition coefficient (Wildman–Crippen LogP) is 4.10. The van der Waals surface area contributed by atoms with E-state index in [1.54, 1.807) is 11.8 Å². The van der Waals surface area contributed by atoms with Crippen molar-refractivity contribution in [2.24, 2.45) is 0 Å². The third kappa shape index (κ3) is 4.14. The molecule has 2 atom stereocenters. The van der Waals surface area contributed by atoms with E-state index in [1.807, 2.05) is 37.4 Å². The van der Waals surface area contributed by atoms with Crippen LogP contribution in [0.4, 0.5) is 0 Å². The number of dihydropyridines is 1. The average Bonchev–Trinajstić information content (AvgIpc) is 3.25. The lowest BCUT2D eigenvalue weighted by Crippen LogP contribution is -2.35. The first-order valence-corrected chi connectivity index (χ1v) is 11.5. The zero-order chi connectivity index (χ0) is 20.4. The van der Waals surface area contributed by atoms with E-state index in [0.29, 0.717) is 12.0 Å². The Hall–Kier alpha value is -2.05. The van der Waals surface area contributed by atoms with Crippen molar-refractivity contribution in [2.45, 2.75) is 55.9 Å². The molecule has 154 valence electrons. The maximum atomic E-state index is 13.1. The van der Waals surface area contributed by atoms with Gasteiger partial charge in [0.2, 0.25) is 0 Å². The van der Waals surface area contributed by atoms with Crippen LogP contribution < -0.4 is 5.32 Å². The van der Waals surface area contributed by atoms with Gasteiger partial charge in [-0.3, -0.25) is 4.79 Å². The van der Waals surface area contributed by atoms with Crippen molar-refractivity contribution in [1.29, 1.82) is 0 Å². The highest BCUT2D eigenvalue weighted by atomic mass is 32.2. The van der Waals surface area contributed by atoms with Crippen LogP contribution in [0.15, 0.2) is 51.7 Å². The molecule has 6 heteroatoms. The molecule has 1 fully saturated rings. The lowest BCUT2D eigenvalue weighted by Gasteiger charge is -2.34. The summed E-state index contributed by atoms with van der Waals surface area (Å²) in [5, 5.41) is 3.33. The number of benzene rings is 1. The van der Waals surface area contributed by atoms with Crippen molar-refractivity contribution in [1.82, 2.24) is 5.32 Å². The molecule has 1 saturated heterocycles. The van der Waals surface area contributed by atoms with E-state index >= 15 is 0 Å². The van der Waals surface area contributed by atoms with Gasteiger partial charge in [0, 0.05) is 40.8 Å². The minimum Gasteiger partial charge on any atom is -0.459 e. The molecule has 5 nitrogen and oxygen atoms in total. The van der Waals surface area contributed by atoms with Gasteiger partial charge in [0.1, 0.15) is 6.61 Å². The van der Waals surface area contributed by atoms with Gasteiger partial charge in [-0.1, -0.05) is 12.1 Å². The molecule has 0 bridgehead atoms. The third-order valence-electron chi connectivity index (χ3n) is 5.87. The van der Waals surface area contributed by atoms with Gasteiger partial charge in [-0.05, 0) is 56.6 Å². The molecule has 4 rings (SSSR count). The molecule has 1 aliphatic carbocycles. The third-order valence-corrected chi connectivity index (χ3v) is 6.61. The van der Waals surface area contributed by atoms with Crippen molar-refractivity contribution in [3.8, 4) is 0 Å². The van der Waals surface area contributed by atoms with Crippen LogP contribution in [0.2, 0.25) is 0 Å². The number of rotatable bonds is 5. The molecule has 3 aliphatic rings. The number of carbonyl (C=O) groups excluding carboxylic acids is 2. The number of ether oxygens (including phenoxy) is 2. The molecule has 0 unspecified atom stereocenters. The van der Waals surface area contributed by atoms with Gasteiger partial charge in [0.15, 0.2) is 5.78 Å². The van der Waals surface area contributed by atoms with E-state index in [4.69, 9.17) is 9.47 Å². The van der Waals surface area contributed by atoms with Crippen LogP contribution >= 0.6 is 11.8 Å². The number of Topliss-reactive ketones (excluding diaryl/α,β-unsaturated/α-hetero) is 1. The smallest absolute Gasteiger partial charge is 0.336 e. The Bertz CT molecular complexity index is 865. The molecular formula is C23H27NO4S. The summed E-state index contributed by atoms with van der Waals surface area (Å²) in [4.78, 5) is 27.2. The Morgan fingerprint density at radius 2 is 2.03 bits per heavy atom. The summed E-state index contributed by atoms with van der Waals surface area (Å²) < 4.78 is 11.2. The zero-order valence-electron chi connectivity index (χ0n) is 17.0. The Labute approximate surface area is 175 Å². The molecule has 2 heterocycles. The number of hydrogen-bond donors (Lipinski definition) is 1. The number of nitrogens with one attached hydrogen (secondary N) is 1. The summed E-state index contributed by atoms with van der Waals surface area (Å²) in [6, 6.07) is 8.13. The largest absolute Gasteiger partial charge is 0.459 e. The minimum atomic E-state index is -0.382. The number of thioether (sulfide) groups is 1. The molecule has 1 aromatic carbocycles. The summed E-state index contributed by atoms with van der Waals surface area (Å²) in [5.41, 5.74) is 3.94. The second-order valence-electron chi connectivity index (χ2n) is 7.77. The topological polar surface area (TPSA) is 64.6 Å². The first kappa shape index (κ1) is 20.2. The number of allylic oxidation sites excluding steroid dienone is 3. The standard InChI is InChI=1S/C23H27NO4S/c1-14-20(23(26)28-13-16-5-4-12-27-16)21(15-8-10-17(29-2)11-9-15)22-18(24-14)6-3-7-19(22)25/h8-11,16,21,24H,3-7,12-13H2,1-2H3/t16-,21+/m1/s1. The number of ketones is 1. The highest BCUT2D eigenvalue weighted by Gasteiger charge is 2.39. The van der Waals surface area contributed by atoms with Gasteiger partial charge < -0.3 is 14.8 Å². The van der Waals surface area contributed by atoms with Gasteiger partial charge in [-0.15, -0.1) is 11.8 Å². The highest BCUT2D eigenvalue weighted by Crippen LogP contribution is 2.42. The van der Waals surface area contributed by atoms with Gasteiger partial charge in [0.25, 0.3) is 0 Å². The highest BCUT2D eigenvalue weighted by molar-refractivity contribution is 7.98. The van der Waals surface area contributed by atoms with Gasteiger partial charge in [-0.25, -0.2) is 4.79 Å². The lowest BCUT2D eigenvalue weighted by molar-refractivity contribution is -0.142. The van der Waals surface area contributed by atoms with Crippen LogP contribution in [0, 0.1) is 0 Å². The molecule has 0 aromatic heterocycles. The molecule has 1 N–H and O–H groups in total. The summed E-state index contributed by atoms with van der Waals surface area (Å²) in [6.07, 6.45) is 6.12. The van der Waals surface area contributed by atoms with Crippen LogP contribution in [0.3, 0.4) is 0 Å². The maximum absolute atomic E-state index is 13.1. The first-order valence-electron chi connectivity index (χ1n) is 10.2. The molecule has 2 aliphatic heterocycles. The molecule has 1 aromatic rings. The van der Waals surface area contributed by atoms with Crippen LogP contribution in [-0.4, -0.2) is 37.3 Å². The second-order valence-corrected chi connectivity index (χ2v) is 8.65. The van der Waals surface area contributed by atoms with Crippen molar-refractivity contribution in [2.75, 3.05) is 19.5 Å². The Morgan fingerprint density at radius 3 is 2.72 bits per heavy atom. The normalized spacial score (nSPS) is 24.4. The Balaban J connectivity index is 1.68. The fourth-order valence-corrected chi connectivity index (χ4v) is 4.81. The van der Waals surface area contributed by atoms with Crippen molar-refractivity contribution >= 4 is 23.5 Å². The average molecular weight is 414 g/mol. The van der Waals surface area contributed by atoms with Crippen LogP contribution in [0.5, 0.6) is 0 Å². The van der Waals surface area contributed by atoms with Crippen LogP contribution in [0.25, 0.3) is 0 Å². The summed E-state index contributed by atoms with van der Waals surface area (Å²) in [5.74, 6) is -0.629. The molecule has 0 amide bonds. The Kier molecular flexibility index (Phi) is 6.11. The van der Waals surface area contributed by atoms with Crippen LogP contribution in [-0.2, 0) is 19.1 Å². The molecule has 0 saturated carbocycles.